The second-order valence-corrected chi connectivity index (χ2v) is 4.96. The van der Waals surface area contributed by atoms with Crippen molar-refractivity contribution in [1.29, 1.82) is 0 Å². The van der Waals surface area contributed by atoms with Crippen LogP contribution in [-0.4, -0.2) is 22.4 Å². The van der Waals surface area contributed by atoms with E-state index in [2.05, 4.69) is 9.97 Å². The molecule has 0 saturated carbocycles. The van der Waals surface area contributed by atoms with Crippen LogP contribution in [0.1, 0.15) is 41.4 Å². The zero-order valence-corrected chi connectivity index (χ0v) is 13.0. The molecule has 2 N–H and O–H groups in total. The predicted molar refractivity (Wildman–Crippen MR) is 86.7 cm³/mol. The number of ether oxygens (including phenoxy) is 1. The Balaban J connectivity index is 2.53. The summed E-state index contributed by atoms with van der Waals surface area (Å²) in [6.45, 7) is 4.09. The molecule has 0 radical (unpaired) electrons. The Morgan fingerprint density at radius 3 is 2.57 bits per heavy atom. The van der Waals surface area contributed by atoms with Crippen LogP contribution in [-0.2, 0) is 4.74 Å². The average Bonchev–Trinajstić information content (AvgIpc) is 2.54. The molecule has 0 amide bonds. The first-order valence-corrected chi connectivity index (χ1v) is 7.29. The monoisotopic (exact) mass is 314 g/mol. The number of aromatic amines is 2. The molecular weight excluding hydrogens is 296 g/mol. The highest BCUT2D eigenvalue weighted by atomic mass is 16.5. The number of ketones is 1. The number of nitrogens with one attached hydrogen (secondary N) is 2. The van der Waals surface area contributed by atoms with E-state index in [1.807, 2.05) is 6.92 Å². The third-order valence-corrected chi connectivity index (χ3v) is 3.33. The van der Waals surface area contributed by atoms with E-state index in [1.165, 1.54) is 6.26 Å². The Bertz CT molecular complexity index is 818. The van der Waals surface area contributed by atoms with Crippen molar-refractivity contribution in [2.75, 3.05) is 6.61 Å². The summed E-state index contributed by atoms with van der Waals surface area (Å²) in [6, 6.07) is 8.48. The number of carbonyl (C=O) groups is 1. The van der Waals surface area contributed by atoms with Crippen molar-refractivity contribution in [3.8, 4) is 0 Å². The van der Waals surface area contributed by atoms with E-state index in [0.717, 1.165) is 0 Å². The van der Waals surface area contributed by atoms with Crippen LogP contribution in [0.3, 0.4) is 0 Å². The SMILES string of the molecule is CCO/C=C/C(C)c1c(C(=O)c2ccccc2)[nH]c(=O)[nH]c1=O. The van der Waals surface area contributed by atoms with E-state index < -0.39 is 23.0 Å². The number of hydrogen-bond donors (Lipinski definition) is 2. The van der Waals surface area contributed by atoms with Gasteiger partial charge in [0, 0.05) is 11.5 Å². The Morgan fingerprint density at radius 1 is 1.22 bits per heavy atom. The molecule has 1 aromatic carbocycles. The van der Waals surface area contributed by atoms with Crippen LogP contribution in [0.15, 0.2) is 52.3 Å². The van der Waals surface area contributed by atoms with Gasteiger partial charge >= 0.3 is 5.69 Å². The summed E-state index contributed by atoms with van der Waals surface area (Å²) >= 11 is 0. The number of H-pyrrole nitrogens is 2. The summed E-state index contributed by atoms with van der Waals surface area (Å²) in [4.78, 5) is 41.0. The van der Waals surface area contributed by atoms with Gasteiger partial charge in [-0.3, -0.25) is 14.6 Å². The standard InChI is InChI=1S/C17H18N2O4/c1-3-23-10-9-11(2)13-14(18-17(22)19-16(13)21)15(20)12-7-5-4-6-8-12/h4-11H,3H2,1-2H3,(H2,18,19,21,22)/b10-9+. The van der Waals surface area contributed by atoms with Gasteiger partial charge in [0.05, 0.1) is 18.4 Å². The predicted octanol–water partition coefficient (Wildman–Crippen LogP) is 1.95. The maximum Gasteiger partial charge on any atom is 0.326 e. The van der Waals surface area contributed by atoms with E-state index in [-0.39, 0.29) is 11.3 Å². The van der Waals surface area contributed by atoms with Gasteiger partial charge in [0.15, 0.2) is 0 Å². The molecule has 1 heterocycles. The first-order valence-electron chi connectivity index (χ1n) is 7.29. The highest BCUT2D eigenvalue weighted by Crippen LogP contribution is 2.18. The van der Waals surface area contributed by atoms with Gasteiger partial charge in [-0.1, -0.05) is 37.3 Å². The Labute approximate surface area is 132 Å². The van der Waals surface area contributed by atoms with Gasteiger partial charge in [-0.15, -0.1) is 0 Å². The number of rotatable bonds is 6. The third kappa shape index (κ3) is 3.85. The lowest BCUT2D eigenvalue weighted by molar-refractivity contribution is 0.103. The van der Waals surface area contributed by atoms with Gasteiger partial charge in [0.25, 0.3) is 5.56 Å². The number of allylic oxidation sites excluding steroid dienone is 1. The van der Waals surface area contributed by atoms with E-state index in [1.54, 1.807) is 43.3 Å². The van der Waals surface area contributed by atoms with Crippen LogP contribution in [0.5, 0.6) is 0 Å². The molecule has 1 unspecified atom stereocenters. The summed E-state index contributed by atoms with van der Waals surface area (Å²) in [5.74, 6) is -0.801. The van der Waals surface area contributed by atoms with E-state index >= 15 is 0 Å². The fourth-order valence-electron chi connectivity index (χ4n) is 2.21. The van der Waals surface area contributed by atoms with Gasteiger partial charge in [0.2, 0.25) is 5.78 Å². The maximum atomic E-state index is 12.6. The number of hydrogen-bond acceptors (Lipinski definition) is 4. The summed E-state index contributed by atoms with van der Waals surface area (Å²) in [6.07, 6.45) is 3.14. The lowest BCUT2D eigenvalue weighted by Gasteiger charge is -2.11. The Morgan fingerprint density at radius 2 is 1.91 bits per heavy atom. The number of benzene rings is 1. The van der Waals surface area contributed by atoms with Gasteiger partial charge in [-0.25, -0.2) is 4.79 Å². The molecule has 23 heavy (non-hydrogen) atoms. The fourth-order valence-corrected chi connectivity index (χ4v) is 2.21. The highest BCUT2D eigenvalue weighted by Gasteiger charge is 2.21. The minimum atomic E-state index is -0.709. The van der Waals surface area contributed by atoms with Crippen LogP contribution >= 0.6 is 0 Å². The van der Waals surface area contributed by atoms with Crippen LogP contribution in [0.4, 0.5) is 0 Å². The van der Waals surface area contributed by atoms with Crippen molar-refractivity contribution in [3.05, 3.63) is 80.3 Å². The first kappa shape index (κ1) is 16.5. The third-order valence-electron chi connectivity index (χ3n) is 3.33. The lowest BCUT2D eigenvalue weighted by atomic mass is 9.96. The van der Waals surface area contributed by atoms with Gasteiger partial charge in [0.1, 0.15) is 5.69 Å². The number of carbonyl (C=O) groups excluding carboxylic acids is 1. The smallest absolute Gasteiger partial charge is 0.326 e. The van der Waals surface area contributed by atoms with Crippen LogP contribution in [0, 0.1) is 0 Å². The molecule has 0 saturated heterocycles. The first-order chi connectivity index (χ1) is 11.0. The van der Waals surface area contributed by atoms with Crippen molar-refractivity contribution >= 4 is 5.78 Å². The van der Waals surface area contributed by atoms with Crippen molar-refractivity contribution < 1.29 is 9.53 Å². The molecule has 0 spiro atoms. The summed E-state index contributed by atoms with van der Waals surface area (Å²) in [5.41, 5.74) is -0.690. The van der Waals surface area contributed by atoms with Crippen molar-refractivity contribution in [2.45, 2.75) is 19.8 Å². The molecule has 120 valence electrons. The molecule has 2 rings (SSSR count). The van der Waals surface area contributed by atoms with E-state index in [0.29, 0.717) is 12.2 Å². The minimum absolute atomic E-state index is 0.00130. The zero-order valence-electron chi connectivity index (χ0n) is 13.0. The van der Waals surface area contributed by atoms with Crippen molar-refractivity contribution in [3.63, 3.8) is 0 Å². The molecule has 1 aromatic heterocycles. The molecule has 1 atom stereocenters. The summed E-state index contributed by atoms with van der Waals surface area (Å²) in [7, 11) is 0. The normalized spacial score (nSPS) is 12.3. The maximum absolute atomic E-state index is 12.6. The molecule has 6 heteroatoms. The molecule has 2 aromatic rings. The van der Waals surface area contributed by atoms with Crippen LogP contribution in [0.2, 0.25) is 0 Å². The second-order valence-electron chi connectivity index (χ2n) is 4.96. The second kappa shape index (κ2) is 7.40. The lowest BCUT2D eigenvalue weighted by Crippen LogP contribution is -2.31. The molecular formula is C17H18N2O4. The molecule has 0 aliphatic carbocycles. The molecule has 0 bridgehead atoms. The van der Waals surface area contributed by atoms with E-state index in [9.17, 15) is 14.4 Å². The molecule has 0 aliphatic heterocycles. The number of aromatic nitrogens is 2. The highest BCUT2D eigenvalue weighted by molar-refractivity contribution is 6.08. The molecule has 0 aliphatic rings. The van der Waals surface area contributed by atoms with E-state index in [4.69, 9.17) is 4.74 Å². The Kier molecular flexibility index (Phi) is 5.30. The molecule has 0 fully saturated rings. The van der Waals surface area contributed by atoms with Crippen LogP contribution < -0.4 is 11.2 Å². The largest absolute Gasteiger partial charge is 0.502 e. The van der Waals surface area contributed by atoms with Gasteiger partial charge in [-0.2, -0.15) is 0 Å². The van der Waals surface area contributed by atoms with Crippen molar-refractivity contribution in [1.82, 2.24) is 9.97 Å². The van der Waals surface area contributed by atoms with Crippen molar-refractivity contribution in [2.24, 2.45) is 0 Å². The van der Waals surface area contributed by atoms with Crippen LogP contribution in [0.25, 0.3) is 0 Å². The zero-order chi connectivity index (χ0) is 16.8. The molecule has 6 nitrogen and oxygen atoms in total. The quantitative estimate of drug-likeness (QED) is 0.629. The van der Waals surface area contributed by atoms with Gasteiger partial charge in [-0.05, 0) is 13.0 Å². The topological polar surface area (TPSA) is 92.0 Å². The Hall–Kier alpha value is -2.89. The summed E-state index contributed by atoms with van der Waals surface area (Å²) < 4.78 is 5.12. The minimum Gasteiger partial charge on any atom is -0.502 e. The fraction of sp³-hybridized carbons (Fsp3) is 0.235. The average molecular weight is 314 g/mol. The van der Waals surface area contributed by atoms with Gasteiger partial charge < -0.3 is 9.72 Å². The summed E-state index contributed by atoms with van der Waals surface area (Å²) in [5, 5.41) is 0.